The van der Waals surface area contributed by atoms with Crippen LogP contribution in [-0.4, -0.2) is 22.2 Å². The van der Waals surface area contributed by atoms with Crippen molar-refractivity contribution in [1.29, 1.82) is 0 Å². The van der Waals surface area contributed by atoms with Crippen molar-refractivity contribution in [3.63, 3.8) is 0 Å². The molecule has 0 fully saturated rings. The Morgan fingerprint density at radius 3 is 2.14 bits per heavy atom. The van der Waals surface area contributed by atoms with E-state index in [1.807, 2.05) is 0 Å². The maximum atomic E-state index is 10.5. The number of carboxylic acids is 1. The van der Waals surface area contributed by atoms with E-state index in [0.717, 1.165) is 0 Å². The van der Waals surface area contributed by atoms with Crippen LogP contribution in [0, 0.1) is 0 Å². The Hall–Kier alpha value is -1.59. The van der Waals surface area contributed by atoms with Crippen molar-refractivity contribution >= 4 is 5.97 Å². The summed E-state index contributed by atoms with van der Waals surface area (Å²) >= 11 is 0. The molecule has 0 aliphatic rings. The molecule has 0 heterocycles. The first-order chi connectivity index (χ1) is 6.52. The largest absolute Gasteiger partial charge is 0.508 e. The Bertz CT molecular complexity index is 323. The zero-order valence-electron chi connectivity index (χ0n) is 7.42. The second-order valence-corrected chi connectivity index (χ2v) is 2.98. The van der Waals surface area contributed by atoms with Crippen LogP contribution in [0.15, 0.2) is 24.3 Å². The van der Waals surface area contributed by atoms with Crippen molar-refractivity contribution in [3.8, 4) is 5.75 Å². The average molecular weight is 196 g/mol. The summed E-state index contributed by atoms with van der Waals surface area (Å²) in [5.74, 6) is -1.05. The van der Waals surface area contributed by atoms with E-state index in [-0.39, 0.29) is 5.75 Å². The maximum absolute atomic E-state index is 10.5. The Morgan fingerprint density at radius 1 is 1.21 bits per heavy atom. The molecule has 5 nitrogen and oxygen atoms in total. The van der Waals surface area contributed by atoms with Crippen LogP contribution in [-0.2, 0) is 4.79 Å². The zero-order valence-corrected chi connectivity index (χ0v) is 7.42. The predicted molar refractivity (Wildman–Crippen MR) is 50.6 cm³/mol. The summed E-state index contributed by atoms with van der Waals surface area (Å²) in [6.45, 7) is 0. The molecule has 2 atom stereocenters. The van der Waals surface area contributed by atoms with Gasteiger partial charge in [-0.2, -0.15) is 0 Å². The lowest BCUT2D eigenvalue weighted by atomic mass is 10.0. The lowest BCUT2D eigenvalue weighted by Gasteiger charge is -2.15. The molecule has 76 valence electrons. The zero-order chi connectivity index (χ0) is 10.7. The number of carbonyl (C=O) groups is 1. The summed E-state index contributed by atoms with van der Waals surface area (Å²) in [6, 6.07) is 4.05. The average Bonchev–Trinajstić information content (AvgIpc) is 2.16. The summed E-state index contributed by atoms with van der Waals surface area (Å²) < 4.78 is 0. The maximum Gasteiger partial charge on any atom is 0.322 e. The molecule has 0 radical (unpaired) electrons. The lowest BCUT2D eigenvalue weighted by molar-refractivity contribution is -0.139. The monoisotopic (exact) mass is 196 g/mol. The third-order valence-corrected chi connectivity index (χ3v) is 1.95. The Kier molecular flexibility index (Phi) is 3.06. The molecule has 0 aliphatic carbocycles. The molecular formula is C9H12N2O3. The minimum atomic E-state index is -1.15. The van der Waals surface area contributed by atoms with Crippen molar-refractivity contribution in [2.75, 3.05) is 0 Å². The highest BCUT2D eigenvalue weighted by molar-refractivity contribution is 5.74. The van der Waals surface area contributed by atoms with Crippen LogP contribution >= 0.6 is 0 Å². The minimum Gasteiger partial charge on any atom is -0.508 e. The van der Waals surface area contributed by atoms with Gasteiger partial charge in [0.1, 0.15) is 11.8 Å². The van der Waals surface area contributed by atoms with Gasteiger partial charge in [0.05, 0.1) is 6.04 Å². The quantitative estimate of drug-likeness (QED) is 0.535. The second kappa shape index (κ2) is 4.08. The third-order valence-electron chi connectivity index (χ3n) is 1.95. The number of benzene rings is 1. The highest BCUT2D eigenvalue weighted by atomic mass is 16.4. The van der Waals surface area contributed by atoms with E-state index in [2.05, 4.69) is 0 Å². The molecule has 6 N–H and O–H groups in total. The van der Waals surface area contributed by atoms with Gasteiger partial charge in [-0.25, -0.2) is 0 Å². The van der Waals surface area contributed by atoms with Gasteiger partial charge >= 0.3 is 5.97 Å². The van der Waals surface area contributed by atoms with Gasteiger partial charge in [0.15, 0.2) is 0 Å². The standard InChI is InChI=1S/C9H12N2O3/c10-7(8(11)9(13)14)5-1-3-6(12)4-2-5/h1-4,7-8,12H,10-11H2,(H,13,14)/t7?,8-/m0/s1. The van der Waals surface area contributed by atoms with E-state index in [4.69, 9.17) is 21.7 Å². The number of hydrogen-bond donors (Lipinski definition) is 4. The number of carboxylic acid groups (broad SMARTS) is 1. The van der Waals surface area contributed by atoms with E-state index < -0.39 is 18.1 Å². The Balaban J connectivity index is 2.84. The van der Waals surface area contributed by atoms with Crippen molar-refractivity contribution < 1.29 is 15.0 Å². The van der Waals surface area contributed by atoms with Crippen molar-refractivity contribution in [2.45, 2.75) is 12.1 Å². The molecular weight excluding hydrogens is 184 g/mol. The van der Waals surface area contributed by atoms with Gasteiger partial charge < -0.3 is 21.7 Å². The van der Waals surface area contributed by atoms with Crippen molar-refractivity contribution in [3.05, 3.63) is 29.8 Å². The molecule has 0 aliphatic heterocycles. The number of aromatic hydroxyl groups is 1. The van der Waals surface area contributed by atoms with Gasteiger partial charge in [-0.1, -0.05) is 12.1 Å². The first-order valence-corrected chi connectivity index (χ1v) is 4.05. The summed E-state index contributed by atoms with van der Waals surface area (Å²) in [5, 5.41) is 17.6. The van der Waals surface area contributed by atoms with Crippen molar-refractivity contribution in [2.24, 2.45) is 11.5 Å². The molecule has 0 spiro atoms. The fourth-order valence-corrected chi connectivity index (χ4v) is 1.06. The fraction of sp³-hybridized carbons (Fsp3) is 0.222. The molecule has 0 saturated heterocycles. The van der Waals surface area contributed by atoms with Crippen LogP contribution in [0.3, 0.4) is 0 Å². The van der Waals surface area contributed by atoms with E-state index >= 15 is 0 Å². The molecule has 0 bridgehead atoms. The SMILES string of the molecule is NC(c1ccc(O)cc1)[C@H](N)C(=O)O. The van der Waals surface area contributed by atoms with Crippen LogP contribution < -0.4 is 11.5 Å². The lowest BCUT2D eigenvalue weighted by Crippen LogP contribution is -2.40. The highest BCUT2D eigenvalue weighted by Crippen LogP contribution is 2.16. The normalized spacial score (nSPS) is 14.7. The van der Waals surface area contributed by atoms with Crippen LogP contribution in [0.4, 0.5) is 0 Å². The van der Waals surface area contributed by atoms with E-state index in [1.54, 1.807) is 12.1 Å². The number of hydrogen-bond acceptors (Lipinski definition) is 4. The summed E-state index contributed by atoms with van der Waals surface area (Å²) in [7, 11) is 0. The van der Waals surface area contributed by atoms with Crippen LogP contribution in [0.5, 0.6) is 5.75 Å². The molecule has 1 aromatic rings. The third kappa shape index (κ3) is 2.21. The fourth-order valence-electron chi connectivity index (χ4n) is 1.06. The number of rotatable bonds is 3. The predicted octanol–water partition coefficient (Wildman–Crippen LogP) is -0.196. The topological polar surface area (TPSA) is 110 Å². The number of aliphatic carboxylic acids is 1. The molecule has 5 heteroatoms. The summed E-state index contributed by atoms with van der Waals surface area (Å²) in [4.78, 5) is 10.5. The van der Waals surface area contributed by atoms with Gasteiger partial charge in [0.25, 0.3) is 0 Å². The number of nitrogens with two attached hydrogens (primary N) is 2. The highest BCUT2D eigenvalue weighted by Gasteiger charge is 2.21. The van der Waals surface area contributed by atoms with E-state index in [1.165, 1.54) is 12.1 Å². The number of phenolic OH excluding ortho intramolecular Hbond substituents is 1. The molecule has 0 saturated carbocycles. The van der Waals surface area contributed by atoms with Crippen LogP contribution in [0.25, 0.3) is 0 Å². The van der Waals surface area contributed by atoms with Gasteiger partial charge in [0, 0.05) is 0 Å². The second-order valence-electron chi connectivity index (χ2n) is 2.98. The molecule has 1 unspecified atom stereocenters. The first kappa shape index (κ1) is 10.5. The molecule has 1 rings (SSSR count). The smallest absolute Gasteiger partial charge is 0.322 e. The van der Waals surface area contributed by atoms with E-state index in [9.17, 15) is 4.79 Å². The molecule has 1 aromatic carbocycles. The first-order valence-electron chi connectivity index (χ1n) is 4.05. The van der Waals surface area contributed by atoms with Gasteiger partial charge in [-0.3, -0.25) is 4.79 Å². The van der Waals surface area contributed by atoms with Crippen LogP contribution in [0.2, 0.25) is 0 Å². The molecule has 0 aromatic heterocycles. The van der Waals surface area contributed by atoms with Gasteiger partial charge in [-0.05, 0) is 17.7 Å². The summed E-state index contributed by atoms with van der Waals surface area (Å²) in [6.07, 6.45) is 0. The van der Waals surface area contributed by atoms with Gasteiger partial charge in [-0.15, -0.1) is 0 Å². The minimum absolute atomic E-state index is 0.102. The number of phenols is 1. The van der Waals surface area contributed by atoms with E-state index in [0.29, 0.717) is 5.56 Å². The molecule has 0 amide bonds. The summed E-state index contributed by atoms with van der Waals surface area (Å²) in [5.41, 5.74) is 11.5. The molecule has 14 heavy (non-hydrogen) atoms. The van der Waals surface area contributed by atoms with Gasteiger partial charge in [0.2, 0.25) is 0 Å². The Morgan fingerprint density at radius 2 is 1.71 bits per heavy atom. The van der Waals surface area contributed by atoms with Crippen molar-refractivity contribution in [1.82, 2.24) is 0 Å². The van der Waals surface area contributed by atoms with Crippen LogP contribution in [0.1, 0.15) is 11.6 Å². The Labute approximate surface area is 81.0 Å².